The molecule has 3 heteroatoms. The largest absolute Gasteiger partial charge is 0.339 e. The molecule has 3 nitrogen and oxygen atoms in total. The van der Waals surface area contributed by atoms with Crippen molar-refractivity contribution in [1.82, 2.24) is 10.2 Å². The van der Waals surface area contributed by atoms with Gasteiger partial charge in [0.25, 0.3) is 0 Å². The van der Waals surface area contributed by atoms with E-state index in [0.717, 1.165) is 45.3 Å². The van der Waals surface area contributed by atoms with Crippen molar-refractivity contribution < 1.29 is 4.79 Å². The van der Waals surface area contributed by atoms with Gasteiger partial charge in [0.1, 0.15) is 0 Å². The first-order valence-electron chi connectivity index (χ1n) is 7.04. The van der Waals surface area contributed by atoms with Crippen LogP contribution in [0.4, 0.5) is 0 Å². The van der Waals surface area contributed by atoms with Crippen LogP contribution in [0.3, 0.4) is 0 Å². The molecule has 0 saturated carbocycles. The van der Waals surface area contributed by atoms with E-state index in [1.165, 1.54) is 0 Å². The molecule has 1 rings (SSSR count). The Morgan fingerprint density at radius 1 is 1.29 bits per heavy atom. The van der Waals surface area contributed by atoms with Crippen LogP contribution >= 0.6 is 0 Å². The molecule has 1 aliphatic rings. The van der Waals surface area contributed by atoms with Crippen molar-refractivity contribution in [3.63, 3.8) is 0 Å². The van der Waals surface area contributed by atoms with E-state index in [9.17, 15) is 4.79 Å². The van der Waals surface area contributed by atoms with E-state index in [4.69, 9.17) is 0 Å². The topological polar surface area (TPSA) is 32.3 Å². The highest BCUT2D eigenvalue weighted by Crippen LogP contribution is 2.19. The molecule has 1 heterocycles. The second kappa shape index (κ2) is 6.39. The zero-order valence-corrected chi connectivity index (χ0v) is 11.9. The molecular formula is C14H28N2O. The predicted octanol–water partition coefficient (Wildman–Crippen LogP) is 2.41. The smallest absolute Gasteiger partial charge is 0.225 e. The first-order valence-corrected chi connectivity index (χ1v) is 7.04. The maximum Gasteiger partial charge on any atom is 0.225 e. The zero-order valence-electron chi connectivity index (χ0n) is 11.9. The van der Waals surface area contributed by atoms with Crippen LogP contribution in [0.2, 0.25) is 0 Å². The Labute approximate surface area is 106 Å². The summed E-state index contributed by atoms with van der Waals surface area (Å²) in [5.74, 6) is 0.627. The molecule has 17 heavy (non-hydrogen) atoms. The average molecular weight is 240 g/mol. The van der Waals surface area contributed by atoms with Crippen LogP contribution in [0.25, 0.3) is 0 Å². The monoisotopic (exact) mass is 240 g/mol. The molecule has 0 spiro atoms. The minimum absolute atomic E-state index is 0.0664. The third-order valence-corrected chi connectivity index (χ3v) is 3.51. The summed E-state index contributed by atoms with van der Waals surface area (Å²) < 4.78 is 0. The second-order valence-electron chi connectivity index (χ2n) is 5.84. The summed E-state index contributed by atoms with van der Waals surface area (Å²) in [6.45, 7) is 11.3. The summed E-state index contributed by atoms with van der Waals surface area (Å²) in [7, 11) is 0. The molecule has 0 aliphatic carbocycles. The number of hydrogen-bond donors (Lipinski definition) is 1. The molecule has 0 unspecified atom stereocenters. The number of rotatable bonds is 5. The Morgan fingerprint density at radius 3 is 2.35 bits per heavy atom. The van der Waals surface area contributed by atoms with Crippen LogP contribution < -0.4 is 5.32 Å². The van der Waals surface area contributed by atoms with Gasteiger partial charge in [-0.15, -0.1) is 0 Å². The van der Waals surface area contributed by atoms with E-state index in [1.807, 2.05) is 0 Å². The number of piperazine rings is 1. The molecule has 1 fully saturated rings. The third-order valence-electron chi connectivity index (χ3n) is 3.51. The van der Waals surface area contributed by atoms with Gasteiger partial charge >= 0.3 is 0 Å². The van der Waals surface area contributed by atoms with Crippen molar-refractivity contribution in [1.29, 1.82) is 0 Å². The van der Waals surface area contributed by atoms with E-state index >= 15 is 0 Å². The van der Waals surface area contributed by atoms with E-state index in [1.54, 1.807) is 0 Å². The molecule has 100 valence electrons. The van der Waals surface area contributed by atoms with Crippen LogP contribution in [0.1, 0.15) is 53.4 Å². The lowest BCUT2D eigenvalue weighted by atomic mass is 9.94. The summed E-state index contributed by atoms with van der Waals surface area (Å²) in [5.41, 5.74) is 0.0664. The fraction of sp³-hybridized carbons (Fsp3) is 0.929. The van der Waals surface area contributed by atoms with Crippen molar-refractivity contribution in [3.8, 4) is 0 Å². The summed E-state index contributed by atoms with van der Waals surface area (Å²) >= 11 is 0. The lowest BCUT2D eigenvalue weighted by Gasteiger charge is -2.40. The van der Waals surface area contributed by atoms with Gasteiger partial charge in [-0.1, -0.05) is 26.7 Å². The van der Waals surface area contributed by atoms with Gasteiger partial charge in [0, 0.05) is 31.1 Å². The van der Waals surface area contributed by atoms with Gasteiger partial charge in [-0.05, 0) is 26.7 Å². The van der Waals surface area contributed by atoms with E-state index in [2.05, 4.69) is 37.9 Å². The van der Waals surface area contributed by atoms with Gasteiger partial charge in [0.15, 0.2) is 0 Å². The average Bonchev–Trinajstić information content (AvgIpc) is 2.26. The first-order chi connectivity index (χ1) is 8.00. The van der Waals surface area contributed by atoms with Crippen LogP contribution in [0, 0.1) is 5.92 Å². The molecule has 0 aromatic heterocycles. The summed E-state index contributed by atoms with van der Waals surface area (Å²) in [6.07, 6.45) is 4.28. The highest BCUT2D eigenvalue weighted by molar-refractivity contribution is 5.79. The van der Waals surface area contributed by atoms with Gasteiger partial charge in [-0.25, -0.2) is 0 Å². The van der Waals surface area contributed by atoms with Crippen LogP contribution in [0.15, 0.2) is 0 Å². The molecule has 0 aromatic carbocycles. The molecule has 1 N–H and O–H groups in total. The quantitative estimate of drug-likeness (QED) is 0.800. The molecule has 0 bridgehead atoms. The Balaban J connectivity index is 2.59. The Kier molecular flexibility index (Phi) is 5.44. The van der Waals surface area contributed by atoms with Gasteiger partial charge < -0.3 is 10.2 Å². The predicted molar refractivity (Wildman–Crippen MR) is 72.0 cm³/mol. The number of nitrogens with one attached hydrogen (secondary N) is 1. The van der Waals surface area contributed by atoms with Crippen molar-refractivity contribution in [2.45, 2.75) is 58.9 Å². The highest BCUT2D eigenvalue weighted by atomic mass is 16.2. The molecule has 0 radical (unpaired) electrons. The molecule has 1 aliphatic heterocycles. The molecular weight excluding hydrogens is 212 g/mol. The number of amides is 1. The number of carbonyl (C=O) groups excluding carboxylic acids is 1. The van der Waals surface area contributed by atoms with E-state index in [0.29, 0.717) is 5.91 Å². The first kappa shape index (κ1) is 14.5. The minimum Gasteiger partial charge on any atom is -0.339 e. The van der Waals surface area contributed by atoms with Crippen molar-refractivity contribution in [3.05, 3.63) is 0 Å². The molecule has 1 amide bonds. The van der Waals surface area contributed by atoms with Gasteiger partial charge in [-0.3, -0.25) is 4.79 Å². The number of carbonyl (C=O) groups is 1. The SMILES string of the molecule is CCCC(CCC)C(=O)N1CCNC(C)(C)C1. The van der Waals surface area contributed by atoms with Crippen molar-refractivity contribution >= 4 is 5.91 Å². The fourth-order valence-corrected chi connectivity index (χ4v) is 2.68. The van der Waals surface area contributed by atoms with E-state index in [-0.39, 0.29) is 11.5 Å². The highest BCUT2D eigenvalue weighted by Gasteiger charge is 2.31. The summed E-state index contributed by atoms with van der Waals surface area (Å²) in [6, 6.07) is 0. The second-order valence-corrected chi connectivity index (χ2v) is 5.84. The fourth-order valence-electron chi connectivity index (χ4n) is 2.68. The third kappa shape index (κ3) is 4.30. The maximum absolute atomic E-state index is 12.5. The Morgan fingerprint density at radius 2 is 1.88 bits per heavy atom. The van der Waals surface area contributed by atoms with Crippen molar-refractivity contribution in [2.75, 3.05) is 19.6 Å². The summed E-state index contributed by atoms with van der Waals surface area (Å²) in [5, 5.41) is 3.45. The lowest BCUT2D eigenvalue weighted by molar-refractivity contribution is -0.138. The zero-order chi connectivity index (χ0) is 12.9. The molecule has 0 aromatic rings. The standard InChI is InChI=1S/C14H28N2O/c1-5-7-12(8-6-2)13(17)16-10-9-15-14(3,4)11-16/h12,15H,5-11H2,1-4H3. The molecule has 1 saturated heterocycles. The van der Waals surface area contributed by atoms with Crippen molar-refractivity contribution in [2.24, 2.45) is 5.92 Å². The lowest BCUT2D eigenvalue weighted by Crippen LogP contribution is -2.59. The van der Waals surface area contributed by atoms with Gasteiger partial charge in [-0.2, -0.15) is 0 Å². The van der Waals surface area contributed by atoms with E-state index < -0.39 is 0 Å². The van der Waals surface area contributed by atoms with Crippen LogP contribution in [-0.2, 0) is 4.79 Å². The minimum atomic E-state index is 0.0664. The van der Waals surface area contributed by atoms with Gasteiger partial charge in [0.2, 0.25) is 5.91 Å². The van der Waals surface area contributed by atoms with Gasteiger partial charge in [0.05, 0.1) is 0 Å². The summed E-state index contributed by atoms with van der Waals surface area (Å²) in [4.78, 5) is 14.5. The normalized spacial score (nSPS) is 19.7. The Hall–Kier alpha value is -0.570. The number of hydrogen-bond acceptors (Lipinski definition) is 2. The number of nitrogens with zero attached hydrogens (tertiary/aromatic N) is 1. The van der Waals surface area contributed by atoms with Crippen LogP contribution in [-0.4, -0.2) is 36.0 Å². The molecule has 0 atom stereocenters. The van der Waals surface area contributed by atoms with Crippen LogP contribution in [0.5, 0.6) is 0 Å². The Bertz CT molecular complexity index is 245. The maximum atomic E-state index is 12.5.